The van der Waals surface area contributed by atoms with E-state index in [-0.39, 0.29) is 22.3 Å². The molecule has 23 heavy (non-hydrogen) atoms. The number of esters is 1. The van der Waals surface area contributed by atoms with Gasteiger partial charge in [0.2, 0.25) is 0 Å². The highest BCUT2D eigenvalue weighted by Gasteiger charge is 2.25. The molecule has 0 N–H and O–H groups in total. The number of carbonyl (C=O) groups is 3. The number of carbonyl (C=O) groups excluding carboxylic acids is 3. The number of hydrogen-bond donors (Lipinski definition) is 0. The fourth-order valence-electron chi connectivity index (χ4n) is 1.98. The molecule has 0 aliphatic heterocycles. The number of aryl methyl sites for hydroxylation is 1. The molecule has 1 amide bonds. The van der Waals surface area contributed by atoms with Crippen LogP contribution in [0.1, 0.15) is 43.1 Å². The van der Waals surface area contributed by atoms with Crippen LogP contribution in [0.25, 0.3) is 0 Å². The van der Waals surface area contributed by atoms with Crippen molar-refractivity contribution in [2.45, 2.75) is 38.5 Å². The zero-order valence-electron chi connectivity index (χ0n) is 13.9. The van der Waals surface area contributed by atoms with E-state index >= 15 is 0 Å². The van der Waals surface area contributed by atoms with Crippen LogP contribution in [0.4, 0.5) is 4.79 Å². The average Bonchev–Trinajstić information content (AvgIpc) is 2.42. The molecule has 1 rings (SSSR count). The highest BCUT2D eigenvalue weighted by molar-refractivity contribution is 8.13. The van der Waals surface area contributed by atoms with Crippen LogP contribution < -0.4 is 4.74 Å². The summed E-state index contributed by atoms with van der Waals surface area (Å²) in [5.74, 6) is -0.637. The Morgan fingerprint density at radius 2 is 1.87 bits per heavy atom. The summed E-state index contributed by atoms with van der Waals surface area (Å²) >= 11 is 7.13. The lowest BCUT2D eigenvalue weighted by molar-refractivity contribution is -0.131. The molecule has 0 aliphatic carbocycles. The van der Waals surface area contributed by atoms with Crippen LogP contribution in [0.3, 0.4) is 0 Å². The molecule has 0 heterocycles. The van der Waals surface area contributed by atoms with Crippen molar-refractivity contribution >= 4 is 40.4 Å². The third-order valence-electron chi connectivity index (χ3n) is 2.94. The van der Waals surface area contributed by atoms with Crippen LogP contribution in [0.2, 0.25) is 5.02 Å². The number of amides is 1. The Labute approximate surface area is 145 Å². The minimum atomic E-state index is -0.526. The van der Waals surface area contributed by atoms with Gasteiger partial charge in [-0.05, 0) is 36.7 Å². The van der Waals surface area contributed by atoms with Crippen LogP contribution in [0.15, 0.2) is 11.0 Å². The largest absolute Gasteiger partial charge is 0.426 e. The Bertz CT molecular complexity index is 643. The predicted octanol–water partition coefficient (Wildman–Crippen LogP) is 4.19. The van der Waals surface area contributed by atoms with Crippen molar-refractivity contribution in [2.75, 3.05) is 14.1 Å². The van der Waals surface area contributed by atoms with Gasteiger partial charge in [0, 0.05) is 21.0 Å². The van der Waals surface area contributed by atoms with Crippen molar-refractivity contribution in [3.8, 4) is 5.75 Å². The Morgan fingerprint density at radius 1 is 1.26 bits per heavy atom. The van der Waals surface area contributed by atoms with Gasteiger partial charge in [-0.1, -0.05) is 24.9 Å². The summed E-state index contributed by atoms with van der Waals surface area (Å²) in [7, 11) is 3.21. The molecule has 0 saturated carbocycles. The first-order chi connectivity index (χ1) is 10.7. The van der Waals surface area contributed by atoms with Crippen molar-refractivity contribution in [2.24, 2.45) is 0 Å². The fourth-order valence-corrected chi connectivity index (χ4v) is 3.17. The lowest BCUT2D eigenvalue weighted by Gasteiger charge is -2.18. The maximum atomic E-state index is 12.1. The molecule has 0 fully saturated rings. The number of thioether (sulfide) groups is 1. The maximum absolute atomic E-state index is 12.1. The number of ketones is 1. The van der Waals surface area contributed by atoms with Gasteiger partial charge in [-0.3, -0.25) is 14.4 Å². The highest BCUT2D eigenvalue weighted by atomic mass is 35.5. The van der Waals surface area contributed by atoms with Crippen LogP contribution in [0.5, 0.6) is 5.75 Å². The molecule has 7 heteroatoms. The lowest BCUT2D eigenvalue weighted by Crippen LogP contribution is -2.17. The fraction of sp³-hybridized carbons (Fsp3) is 0.438. The van der Waals surface area contributed by atoms with Gasteiger partial charge in [0.25, 0.3) is 5.24 Å². The van der Waals surface area contributed by atoms with Crippen LogP contribution in [-0.2, 0) is 11.2 Å². The molecule has 0 saturated heterocycles. The van der Waals surface area contributed by atoms with E-state index in [0.717, 1.165) is 18.2 Å². The molecule has 1 aromatic rings. The van der Waals surface area contributed by atoms with Gasteiger partial charge in [0.1, 0.15) is 5.75 Å². The van der Waals surface area contributed by atoms with Gasteiger partial charge >= 0.3 is 5.97 Å². The molecule has 0 radical (unpaired) electrons. The second-order valence-electron chi connectivity index (χ2n) is 5.21. The summed E-state index contributed by atoms with van der Waals surface area (Å²) in [4.78, 5) is 37.3. The smallest absolute Gasteiger partial charge is 0.308 e. The SMILES string of the molecule is CCCc1cc(Cl)c(SC(=O)N(C)C)c(C(C)=O)c1OC(C)=O. The molecule has 126 valence electrons. The van der Waals surface area contributed by atoms with E-state index in [1.54, 1.807) is 20.2 Å². The van der Waals surface area contributed by atoms with E-state index in [1.165, 1.54) is 18.7 Å². The van der Waals surface area contributed by atoms with Gasteiger partial charge in [0.15, 0.2) is 5.78 Å². The number of nitrogens with zero attached hydrogens (tertiary/aromatic N) is 1. The molecule has 0 aliphatic rings. The van der Waals surface area contributed by atoms with E-state index in [1.807, 2.05) is 6.92 Å². The molecular formula is C16H20ClNO4S. The molecule has 0 bridgehead atoms. The monoisotopic (exact) mass is 357 g/mol. The van der Waals surface area contributed by atoms with Gasteiger partial charge in [-0.2, -0.15) is 0 Å². The van der Waals surface area contributed by atoms with Crippen molar-refractivity contribution in [3.05, 3.63) is 22.2 Å². The summed E-state index contributed by atoms with van der Waals surface area (Å²) in [5.41, 5.74) is 0.857. The minimum absolute atomic E-state index is 0.177. The van der Waals surface area contributed by atoms with Crippen molar-refractivity contribution in [1.29, 1.82) is 0 Å². The number of rotatable bonds is 5. The Morgan fingerprint density at radius 3 is 2.30 bits per heavy atom. The van der Waals surface area contributed by atoms with Gasteiger partial charge < -0.3 is 9.64 Å². The number of benzene rings is 1. The van der Waals surface area contributed by atoms with Crippen molar-refractivity contribution in [3.63, 3.8) is 0 Å². The van der Waals surface area contributed by atoms with E-state index < -0.39 is 5.97 Å². The highest BCUT2D eigenvalue weighted by Crippen LogP contribution is 2.40. The lowest BCUT2D eigenvalue weighted by atomic mass is 10.0. The summed E-state index contributed by atoms with van der Waals surface area (Å²) in [6, 6.07) is 1.65. The summed E-state index contributed by atoms with van der Waals surface area (Å²) < 4.78 is 5.27. The molecule has 5 nitrogen and oxygen atoms in total. The van der Waals surface area contributed by atoms with Gasteiger partial charge in [-0.25, -0.2) is 0 Å². The number of ether oxygens (including phenoxy) is 1. The molecule has 0 atom stereocenters. The third kappa shape index (κ3) is 4.97. The summed E-state index contributed by atoms with van der Waals surface area (Å²) in [5, 5.41) is 0.0289. The van der Waals surface area contributed by atoms with Crippen LogP contribution in [-0.4, -0.2) is 36.0 Å². The maximum Gasteiger partial charge on any atom is 0.308 e. The molecule has 1 aromatic carbocycles. The first kappa shape index (κ1) is 19.5. The molecule has 0 spiro atoms. The molecule has 0 aromatic heterocycles. The molecular weight excluding hydrogens is 338 g/mol. The second-order valence-corrected chi connectivity index (χ2v) is 6.58. The average molecular weight is 358 g/mol. The van der Waals surface area contributed by atoms with Crippen molar-refractivity contribution < 1.29 is 19.1 Å². The minimum Gasteiger partial charge on any atom is -0.426 e. The number of halogens is 1. The third-order valence-corrected chi connectivity index (χ3v) is 4.51. The quantitative estimate of drug-likeness (QED) is 0.342. The van der Waals surface area contributed by atoms with E-state index in [4.69, 9.17) is 16.3 Å². The van der Waals surface area contributed by atoms with E-state index in [2.05, 4.69) is 0 Å². The Hall–Kier alpha value is -1.53. The predicted molar refractivity (Wildman–Crippen MR) is 91.7 cm³/mol. The van der Waals surface area contributed by atoms with Gasteiger partial charge in [-0.15, -0.1) is 0 Å². The number of Topliss-reactive ketones (excluding diaryl/α,β-unsaturated/α-hetero) is 1. The topological polar surface area (TPSA) is 63.7 Å². The Balaban J connectivity index is 3.58. The first-order valence-corrected chi connectivity index (χ1v) is 8.32. The normalized spacial score (nSPS) is 10.3. The van der Waals surface area contributed by atoms with Crippen LogP contribution in [0, 0.1) is 0 Å². The second kappa shape index (κ2) is 8.36. The first-order valence-electron chi connectivity index (χ1n) is 7.12. The number of hydrogen-bond acceptors (Lipinski definition) is 5. The van der Waals surface area contributed by atoms with Crippen molar-refractivity contribution in [1.82, 2.24) is 4.90 Å². The van der Waals surface area contributed by atoms with E-state index in [0.29, 0.717) is 21.9 Å². The zero-order valence-corrected chi connectivity index (χ0v) is 15.4. The standard InChI is InChI=1S/C16H20ClNO4S/c1-6-7-11-8-12(17)15(23-16(21)18(4)5)13(9(2)19)14(11)22-10(3)20/h8H,6-7H2,1-5H3. The Kier molecular flexibility index (Phi) is 7.09. The van der Waals surface area contributed by atoms with Gasteiger partial charge in [0.05, 0.1) is 15.5 Å². The molecule has 0 unspecified atom stereocenters. The summed E-state index contributed by atoms with van der Waals surface area (Å²) in [6.07, 6.45) is 1.40. The van der Waals surface area contributed by atoms with Crippen LogP contribution >= 0.6 is 23.4 Å². The summed E-state index contributed by atoms with van der Waals surface area (Å²) in [6.45, 7) is 4.60. The van der Waals surface area contributed by atoms with E-state index in [9.17, 15) is 14.4 Å². The zero-order chi connectivity index (χ0) is 17.7.